The first-order valence-corrected chi connectivity index (χ1v) is 5.89. The summed E-state index contributed by atoms with van der Waals surface area (Å²) >= 11 is 0. The quantitative estimate of drug-likeness (QED) is 0.808. The van der Waals surface area contributed by atoms with E-state index in [9.17, 15) is 4.79 Å². The summed E-state index contributed by atoms with van der Waals surface area (Å²) < 4.78 is 5.00. The molecule has 19 heavy (non-hydrogen) atoms. The van der Waals surface area contributed by atoms with Crippen molar-refractivity contribution in [2.75, 3.05) is 6.54 Å². The van der Waals surface area contributed by atoms with Gasteiger partial charge < -0.3 is 15.1 Å². The lowest BCUT2D eigenvalue weighted by Crippen LogP contribution is -2.34. The van der Waals surface area contributed by atoms with E-state index in [2.05, 4.69) is 22.2 Å². The number of amides is 2. The SMILES string of the molecule is C=CCNC(=O)NCc1ccc(-c2ccoc2)nc1. The number of nitrogens with one attached hydrogen (secondary N) is 2. The Morgan fingerprint density at radius 2 is 2.26 bits per heavy atom. The fourth-order valence-corrected chi connectivity index (χ4v) is 1.52. The Morgan fingerprint density at radius 1 is 1.37 bits per heavy atom. The lowest BCUT2D eigenvalue weighted by Gasteiger charge is -2.06. The Kier molecular flexibility index (Phi) is 4.34. The zero-order valence-electron chi connectivity index (χ0n) is 10.4. The third-order valence-corrected chi connectivity index (χ3v) is 2.50. The average Bonchev–Trinajstić information content (AvgIpc) is 2.97. The van der Waals surface area contributed by atoms with E-state index in [-0.39, 0.29) is 6.03 Å². The minimum absolute atomic E-state index is 0.223. The summed E-state index contributed by atoms with van der Waals surface area (Å²) in [6, 6.07) is 5.44. The van der Waals surface area contributed by atoms with Gasteiger partial charge in [-0.2, -0.15) is 0 Å². The number of carbonyl (C=O) groups is 1. The predicted octanol–water partition coefficient (Wildman–Crippen LogP) is 2.33. The van der Waals surface area contributed by atoms with Crippen LogP contribution in [-0.4, -0.2) is 17.6 Å². The highest BCUT2D eigenvalue weighted by atomic mass is 16.3. The molecule has 0 spiro atoms. The smallest absolute Gasteiger partial charge is 0.315 e. The number of urea groups is 1. The highest BCUT2D eigenvalue weighted by Crippen LogP contribution is 2.16. The monoisotopic (exact) mass is 257 g/mol. The minimum atomic E-state index is -0.223. The van der Waals surface area contributed by atoms with Gasteiger partial charge in [0.2, 0.25) is 0 Å². The molecule has 98 valence electrons. The van der Waals surface area contributed by atoms with E-state index in [1.807, 2.05) is 18.2 Å². The van der Waals surface area contributed by atoms with E-state index in [4.69, 9.17) is 4.42 Å². The molecule has 5 nitrogen and oxygen atoms in total. The molecule has 2 heterocycles. The number of rotatable bonds is 5. The van der Waals surface area contributed by atoms with Gasteiger partial charge in [-0.3, -0.25) is 4.98 Å². The number of carbonyl (C=O) groups excluding carboxylic acids is 1. The van der Waals surface area contributed by atoms with E-state index >= 15 is 0 Å². The van der Waals surface area contributed by atoms with Gasteiger partial charge in [0.15, 0.2) is 0 Å². The standard InChI is InChI=1S/C14H15N3O2/c1-2-6-15-14(18)17-9-11-3-4-13(16-8-11)12-5-7-19-10-12/h2-5,7-8,10H,1,6,9H2,(H2,15,17,18). The molecule has 0 unspecified atom stereocenters. The van der Waals surface area contributed by atoms with Gasteiger partial charge in [-0.15, -0.1) is 6.58 Å². The van der Waals surface area contributed by atoms with Crippen LogP contribution in [0.15, 0.2) is 54.0 Å². The van der Waals surface area contributed by atoms with Gasteiger partial charge in [0, 0.05) is 24.8 Å². The third kappa shape index (κ3) is 3.70. The van der Waals surface area contributed by atoms with E-state index in [0.717, 1.165) is 16.8 Å². The van der Waals surface area contributed by atoms with Gasteiger partial charge in [0.1, 0.15) is 0 Å². The van der Waals surface area contributed by atoms with Gasteiger partial charge >= 0.3 is 6.03 Å². The molecular formula is C14H15N3O2. The first-order valence-electron chi connectivity index (χ1n) is 5.89. The normalized spacial score (nSPS) is 9.89. The molecule has 0 fully saturated rings. The Balaban J connectivity index is 1.89. The van der Waals surface area contributed by atoms with Crippen LogP contribution >= 0.6 is 0 Å². The van der Waals surface area contributed by atoms with Crippen molar-refractivity contribution in [1.82, 2.24) is 15.6 Å². The van der Waals surface area contributed by atoms with E-state index in [0.29, 0.717) is 13.1 Å². The van der Waals surface area contributed by atoms with E-state index in [1.54, 1.807) is 24.8 Å². The lowest BCUT2D eigenvalue weighted by atomic mass is 10.2. The molecule has 0 atom stereocenters. The maximum atomic E-state index is 11.3. The number of hydrogen-bond donors (Lipinski definition) is 2. The molecule has 0 aliphatic heterocycles. The number of aromatic nitrogens is 1. The van der Waals surface area contributed by atoms with Gasteiger partial charge in [-0.25, -0.2) is 4.79 Å². The molecular weight excluding hydrogens is 242 g/mol. The number of furan rings is 1. The van der Waals surface area contributed by atoms with Gasteiger partial charge in [-0.1, -0.05) is 12.1 Å². The van der Waals surface area contributed by atoms with Crippen molar-refractivity contribution < 1.29 is 9.21 Å². The molecule has 0 aliphatic rings. The molecule has 5 heteroatoms. The highest BCUT2D eigenvalue weighted by Gasteiger charge is 2.02. The molecule has 2 N–H and O–H groups in total. The van der Waals surface area contributed by atoms with Crippen LogP contribution in [0.1, 0.15) is 5.56 Å². The minimum Gasteiger partial charge on any atom is -0.472 e. The number of nitrogens with zero attached hydrogens (tertiary/aromatic N) is 1. The summed E-state index contributed by atoms with van der Waals surface area (Å²) in [6.45, 7) is 4.40. The molecule has 2 aromatic rings. The second-order valence-corrected chi connectivity index (χ2v) is 3.92. The highest BCUT2D eigenvalue weighted by molar-refractivity contribution is 5.73. The summed E-state index contributed by atoms with van der Waals surface area (Å²) in [5.74, 6) is 0. The number of hydrogen-bond acceptors (Lipinski definition) is 3. The molecule has 0 saturated heterocycles. The fraction of sp³-hybridized carbons (Fsp3) is 0.143. The summed E-state index contributed by atoms with van der Waals surface area (Å²) in [5.41, 5.74) is 2.71. The summed E-state index contributed by atoms with van der Waals surface area (Å²) in [4.78, 5) is 15.6. The van der Waals surface area contributed by atoms with Gasteiger partial charge in [0.05, 0.1) is 18.2 Å². The van der Waals surface area contributed by atoms with Crippen LogP contribution in [0.4, 0.5) is 4.79 Å². The molecule has 0 aromatic carbocycles. The van der Waals surface area contributed by atoms with E-state index < -0.39 is 0 Å². The van der Waals surface area contributed by atoms with Crippen molar-refractivity contribution in [3.8, 4) is 11.3 Å². The van der Waals surface area contributed by atoms with Gasteiger partial charge in [-0.05, 0) is 17.7 Å². The van der Waals surface area contributed by atoms with Crippen molar-refractivity contribution in [1.29, 1.82) is 0 Å². The summed E-state index contributed by atoms with van der Waals surface area (Å²) in [5, 5.41) is 5.37. The maximum absolute atomic E-state index is 11.3. The number of pyridine rings is 1. The molecule has 0 bridgehead atoms. The van der Waals surface area contributed by atoms with Crippen molar-refractivity contribution in [2.45, 2.75) is 6.54 Å². The van der Waals surface area contributed by atoms with Crippen LogP contribution in [0.3, 0.4) is 0 Å². The topological polar surface area (TPSA) is 67.2 Å². The van der Waals surface area contributed by atoms with Crippen LogP contribution in [0, 0.1) is 0 Å². The largest absolute Gasteiger partial charge is 0.472 e. The Hall–Kier alpha value is -2.56. The van der Waals surface area contributed by atoms with Crippen molar-refractivity contribution >= 4 is 6.03 Å². The Labute approximate surface area is 111 Å². The first kappa shape index (κ1) is 12.9. The molecule has 0 aliphatic carbocycles. The lowest BCUT2D eigenvalue weighted by molar-refractivity contribution is 0.241. The second kappa shape index (κ2) is 6.39. The first-order chi connectivity index (χ1) is 9.29. The van der Waals surface area contributed by atoms with Crippen molar-refractivity contribution in [3.63, 3.8) is 0 Å². The second-order valence-electron chi connectivity index (χ2n) is 3.92. The molecule has 2 aromatic heterocycles. The van der Waals surface area contributed by atoms with Crippen LogP contribution in [0.5, 0.6) is 0 Å². The fourth-order valence-electron chi connectivity index (χ4n) is 1.52. The van der Waals surface area contributed by atoms with E-state index in [1.165, 1.54) is 0 Å². The summed E-state index contributed by atoms with van der Waals surface area (Å²) in [7, 11) is 0. The average molecular weight is 257 g/mol. The molecule has 2 rings (SSSR count). The van der Waals surface area contributed by atoms with Crippen molar-refractivity contribution in [3.05, 3.63) is 55.1 Å². The molecule has 0 radical (unpaired) electrons. The third-order valence-electron chi connectivity index (χ3n) is 2.50. The van der Waals surface area contributed by atoms with Crippen LogP contribution < -0.4 is 10.6 Å². The van der Waals surface area contributed by atoms with Crippen LogP contribution in [-0.2, 0) is 6.54 Å². The Morgan fingerprint density at radius 3 is 2.89 bits per heavy atom. The molecule has 2 amide bonds. The zero-order chi connectivity index (χ0) is 13.5. The van der Waals surface area contributed by atoms with Gasteiger partial charge in [0.25, 0.3) is 0 Å². The van der Waals surface area contributed by atoms with Crippen LogP contribution in [0.2, 0.25) is 0 Å². The predicted molar refractivity (Wildman–Crippen MR) is 72.4 cm³/mol. The Bertz CT molecular complexity index is 532. The maximum Gasteiger partial charge on any atom is 0.315 e. The summed E-state index contributed by atoms with van der Waals surface area (Å²) in [6.07, 6.45) is 6.61. The van der Waals surface area contributed by atoms with Crippen molar-refractivity contribution in [2.24, 2.45) is 0 Å². The molecule has 0 saturated carbocycles. The van der Waals surface area contributed by atoms with Crippen LogP contribution in [0.25, 0.3) is 11.3 Å². The zero-order valence-corrected chi connectivity index (χ0v) is 10.4.